The van der Waals surface area contributed by atoms with Crippen molar-refractivity contribution in [2.45, 2.75) is 13.5 Å². The molecule has 0 unspecified atom stereocenters. The minimum Gasteiger partial charge on any atom is -0.506 e. The van der Waals surface area contributed by atoms with E-state index in [-0.39, 0.29) is 35.1 Å². The monoisotopic (exact) mass is 1020 g/mol. The van der Waals surface area contributed by atoms with Gasteiger partial charge in [0.25, 0.3) is 5.91 Å². The van der Waals surface area contributed by atoms with Crippen molar-refractivity contribution < 1.29 is 34.3 Å². The molecule has 0 aromatic heterocycles. The topological polar surface area (TPSA) is 208 Å². The first-order valence-electron chi connectivity index (χ1n) is 22.2. The number of phenols is 2. The van der Waals surface area contributed by atoms with Crippen LogP contribution >= 0.6 is 15.9 Å². The highest BCUT2D eigenvalue weighted by Gasteiger charge is 2.15. The van der Waals surface area contributed by atoms with Crippen molar-refractivity contribution in [3.05, 3.63) is 214 Å². The number of hydrogen-bond acceptors (Lipinski definition) is 13. The minimum atomic E-state index is -0.660. The number of benzene rings is 9. The van der Waals surface area contributed by atoms with Gasteiger partial charge in [0.15, 0.2) is 5.78 Å². The quantitative estimate of drug-likeness (QED) is 0.0219. The van der Waals surface area contributed by atoms with E-state index >= 15 is 0 Å². The van der Waals surface area contributed by atoms with Crippen molar-refractivity contribution in [2.75, 3.05) is 10.8 Å². The lowest BCUT2D eigenvalue weighted by molar-refractivity contribution is 0.0966. The Morgan fingerprint density at radius 1 is 0.583 bits per heavy atom. The molecular formula is C56H41BrN8O7. The van der Waals surface area contributed by atoms with Crippen LogP contribution in [0.3, 0.4) is 0 Å². The number of aryl methyl sites for hydroxylation is 1. The summed E-state index contributed by atoms with van der Waals surface area (Å²) in [5.41, 5.74) is 10.4. The molecule has 0 aliphatic rings. The third-order valence-electron chi connectivity index (χ3n) is 11.2. The first kappa shape index (κ1) is 47.5. The molecule has 3 amide bonds. The molecule has 0 atom stereocenters. The van der Waals surface area contributed by atoms with Gasteiger partial charge in [-0.3, -0.25) is 14.9 Å². The van der Waals surface area contributed by atoms with E-state index < -0.39 is 11.9 Å². The number of amides is 3. The van der Waals surface area contributed by atoms with Crippen molar-refractivity contribution in [1.82, 2.24) is 5.32 Å². The van der Waals surface area contributed by atoms with Crippen LogP contribution in [0.4, 0.5) is 38.9 Å². The first-order chi connectivity index (χ1) is 35.0. The van der Waals surface area contributed by atoms with Crippen LogP contribution in [0.1, 0.15) is 37.4 Å². The molecule has 0 heterocycles. The molecule has 0 aliphatic heterocycles. The average Bonchev–Trinajstić information content (AvgIpc) is 3.39. The predicted octanol–water partition coefficient (Wildman–Crippen LogP) is 14.7. The van der Waals surface area contributed by atoms with E-state index in [0.29, 0.717) is 50.0 Å². The molecule has 0 saturated heterocycles. The third-order valence-corrected chi connectivity index (χ3v) is 11.7. The number of oxime groups is 1. The molecule has 72 heavy (non-hydrogen) atoms. The van der Waals surface area contributed by atoms with Crippen LogP contribution < -0.4 is 16.1 Å². The van der Waals surface area contributed by atoms with Crippen LogP contribution in [0, 0.1) is 6.92 Å². The van der Waals surface area contributed by atoms with E-state index in [1.165, 1.54) is 6.07 Å². The maximum absolute atomic E-state index is 13.5. The van der Waals surface area contributed by atoms with Gasteiger partial charge in [-0.1, -0.05) is 106 Å². The molecule has 354 valence electrons. The van der Waals surface area contributed by atoms with Gasteiger partial charge >= 0.3 is 6.03 Å². The molecule has 0 radical (unpaired) electrons. The van der Waals surface area contributed by atoms with Crippen LogP contribution in [-0.2, 0) is 16.3 Å². The number of phenolic OH excluding ortho intramolecular Hbond substituents is 2. The summed E-state index contributed by atoms with van der Waals surface area (Å²) in [6, 6.07) is 52.2. The van der Waals surface area contributed by atoms with Crippen molar-refractivity contribution in [3.63, 3.8) is 0 Å². The Hall–Kier alpha value is -9.54. The molecule has 9 aromatic rings. The van der Waals surface area contributed by atoms with Gasteiger partial charge in [-0.25, -0.2) is 10.3 Å². The van der Waals surface area contributed by atoms with Crippen molar-refractivity contribution >= 4 is 95.7 Å². The van der Waals surface area contributed by atoms with Gasteiger partial charge in [-0.05, 0) is 137 Å². The van der Waals surface area contributed by atoms with E-state index in [9.17, 15) is 24.6 Å². The summed E-state index contributed by atoms with van der Waals surface area (Å²) in [6.07, 6.45) is 1.16. The normalized spacial score (nSPS) is 11.4. The SMILES string of the molecule is Cc1cccc(NC(=O)NC(=O)c2ccc3c(N=Nc4ccc(-c5ccc(C(=O)c6ccc(N=Nc7c(O)ccc8cc(CO/N=C\ONc9cccc(Br)c9)ccc78)cc6)cc5)cc4)c(O)ccc3c2)c1. The van der Waals surface area contributed by atoms with Gasteiger partial charge in [-0.15, -0.1) is 10.2 Å². The number of carbonyl (C=O) groups excluding carboxylic acids is 3. The number of nitrogens with zero attached hydrogens (tertiary/aromatic N) is 5. The number of hydrogen-bond donors (Lipinski definition) is 5. The van der Waals surface area contributed by atoms with Gasteiger partial charge in [0.1, 0.15) is 29.5 Å². The fourth-order valence-corrected chi connectivity index (χ4v) is 7.96. The summed E-state index contributed by atoms with van der Waals surface area (Å²) < 4.78 is 0.907. The molecule has 16 heteroatoms. The molecule has 0 bridgehead atoms. The number of rotatable bonds is 15. The summed E-state index contributed by atoms with van der Waals surface area (Å²) in [4.78, 5) is 49.5. The summed E-state index contributed by atoms with van der Waals surface area (Å²) >= 11 is 3.40. The maximum Gasteiger partial charge on any atom is 0.326 e. The van der Waals surface area contributed by atoms with Gasteiger partial charge < -0.3 is 25.2 Å². The van der Waals surface area contributed by atoms with Crippen LogP contribution in [0.15, 0.2) is 212 Å². The van der Waals surface area contributed by atoms with Crippen molar-refractivity contribution in [1.29, 1.82) is 0 Å². The number of fused-ring (bicyclic) bond motifs is 2. The maximum atomic E-state index is 13.5. The van der Waals surface area contributed by atoms with Gasteiger partial charge in [0, 0.05) is 37.6 Å². The number of azo groups is 2. The molecule has 0 spiro atoms. The molecule has 0 fully saturated rings. The second-order valence-corrected chi connectivity index (χ2v) is 17.2. The summed E-state index contributed by atoms with van der Waals surface area (Å²) in [5.74, 6) is -0.880. The van der Waals surface area contributed by atoms with E-state index in [4.69, 9.17) is 9.68 Å². The lowest BCUT2D eigenvalue weighted by Gasteiger charge is -2.09. The molecule has 5 N–H and O–H groups in total. The van der Waals surface area contributed by atoms with Crippen LogP contribution in [0.25, 0.3) is 32.7 Å². The highest BCUT2D eigenvalue weighted by Crippen LogP contribution is 2.38. The number of ketones is 1. The molecular weight excluding hydrogens is 977 g/mol. The van der Waals surface area contributed by atoms with E-state index in [0.717, 1.165) is 44.2 Å². The highest BCUT2D eigenvalue weighted by molar-refractivity contribution is 9.10. The molecule has 15 nitrogen and oxygen atoms in total. The molecule has 0 saturated carbocycles. The van der Waals surface area contributed by atoms with Crippen LogP contribution in [-0.4, -0.2) is 34.3 Å². The Morgan fingerprint density at radius 3 is 1.81 bits per heavy atom. The Labute approximate surface area is 420 Å². The lowest BCUT2D eigenvalue weighted by atomic mass is 9.99. The second kappa shape index (κ2) is 21.8. The van der Waals surface area contributed by atoms with Crippen molar-refractivity contribution in [3.8, 4) is 22.6 Å². The number of nitrogens with one attached hydrogen (secondary N) is 3. The van der Waals surface area contributed by atoms with Gasteiger partial charge in [0.05, 0.1) is 17.1 Å². The first-order valence-corrected chi connectivity index (χ1v) is 23.0. The van der Waals surface area contributed by atoms with Crippen molar-refractivity contribution in [2.24, 2.45) is 25.6 Å². The minimum absolute atomic E-state index is 0.0323. The standard InChI is InChI=1S/C56H41BrN8O7/c1-34-4-2-6-46(28-34)59-56(70)60-55(69)42-17-25-49-41(30-42)19-27-51(67)53(49)64-61-44-20-13-37(14-21-44)36-9-11-38(12-10-36)54(68)39-15-22-45(23-16-39)62-63-52-48-24-8-35(29-40(48)18-26-50(52)66)32-71-58-33-72-65-47-7-3-5-43(57)31-47/h2-31,33,65-67H,32H2,1H3,(H2,59,60,69,70)/b58-33-,63-62?,64-61?. The number of carbonyl (C=O) groups is 3. The summed E-state index contributed by atoms with van der Waals surface area (Å²) in [6.45, 7) is 2.08. The van der Waals surface area contributed by atoms with E-state index in [2.05, 4.69) is 57.7 Å². The number of urea groups is 1. The zero-order valence-electron chi connectivity index (χ0n) is 38.2. The zero-order valence-corrected chi connectivity index (χ0v) is 39.7. The Balaban J connectivity index is 0.786. The fraction of sp³-hybridized carbons (Fsp3) is 0.0357. The van der Waals surface area contributed by atoms with E-state index in [1.807, 2.05) is 79.7 Å². The van der Waals surface area contributed by atoms with Gasteiger partial charge in [-0.2, -0.15) is 10.2 Å². The number of anilines is 2. The number of aromatic hydroxyl groups is 2. The average molecular weight is 1020 g/mol. The highest BCUT2D eigenvalue weighted by atomic mass is 79.9. The summed E-state index contributed by atoms with van der Waals surface area (Å²) in [5, 5.41) is 50.3. The molecule has 0 aliphatic carbocycles. The molecule has 9 rings (SSSR count). The number of halogens is 1. The summed E-state index contributed by atoms with van der Waals surface area (Å²) in [7, 11) is 0. The zero-order chi connectivity index (χ0) is 50.0. The van der Waals surface area contributed by atoms with Crippen LogP contribution in [0.2, 0.25) is 0 Å². The second-order valence-electron chi connectivity index (χ2n) is 16.3. The van der Waals surface area contributed by atoms with Crippen LogP contribution in [0.5, 0.6) is 11.5 Å². The predicted molar refractivity (Wildman–Crippen MR) is 281 cm³/mol. The third kappa shape index (κ3) is 11.6. The smallest absolute Gasteiger partial charge is 0.326 e. The Morgan fingerprint density at radius 2 is 1.15 bits per heavy atom. The Kier molecular flexibility index (Phi) is 14.4. The van der Waals surface area contributed by atoms with Gasteiger partial charge in [0.2, 0.25) is 6.40 Å². The fourth-order valence-electron chi connectivity index (χ4n) is 7.56. The molecule has 9 aromatic carbocycles. The number of imide groups is 1. The lowest BCUT2D eigenvalue weighted by Crippen LogP contribution is -2.34. The Bertz CT molecular complexity index is 3590. The van der Waals surface area contributed by atoms with E-state index in [1.54, 1.807) is 103 Å². The largest absolute Gasteiger partial charge is 0.506 e.